The minimum atomic E-state index is 0. The van der Waals surface area contributed by atoms with Gasteiger partial charge in [-0.25, -0.2) is 0 Å². The summed E-state index contributed by atoms with van der Waals surface area (Å²) in [5.41, 5.74) is 8.53. The summed E-state index contributed by atoms with van der Waals surface area (Å²) >= 11 is 0. The third-order valence-electron chi connectivity index (χ3n) is 3.87. The van der Waals surface area contributed by atoms with E-state index in [1.807, 2.05) is 6.92 Å². The molecule has 0 heterocycles. The van der Waals surface area contributed by atoms with Gasteiger partial charge in [-0.15, -0.1) is 12.4 Å². The van der Waals surface area contributed by atoms with Gasteiger partial charge in [-0.3, -0.25) is 4.79 Å². The minimum absolute atomic E-state index is 0. The van der Waals surface area contributed by atoms with Crippen LogP contribution < -0.4 is 11.1 Å². The van der Waals surface area contributed by atoms with Crippen LogP contribution >= 0.6 is 12.4 Å². The van der Waals surface area contributed by atoms with Crippen molar-refractivity contribution in [3.8, 4) is 0 Å². The largest absolute Gasteiger partial charge is 0.355 e. The second-order valence-corrected chi connectivity index (χ2v) is 5.61. The lowest BCUT2D eigenvalue weighted by Gasteiger charge is -2.25. The molecular formula is C16H25ClN2O. The number of halogens is 1. The number of carbonyl (C=O) groups excluding carboxylic acids is 1. The molecular weight excluding hydrogens is 272 g/mol. The number of hydrogen-bond donors (Lipinski definition) is 2. The Morgan fingerprint density at radius 2 is 2.20 bits per heavy atom. The molecule has 0 bridgehead atoms. The molecule has 112 valence electrons. The Kier molecular flexibility index (Phi) is 7.03. The smallest absolute Gasteiger partial charge is 0.220 e. The van der Waals surface area contributed by atoms with E-state index in [-0.39, 0.29) is 24.4 Å². The first-order chi connectivity index (χ1) is 9.16. The van der Waals surface area contributed by atoms with E-state index < -0.39 is 0 Å². The van der Waals surface area contributed by atoms with Crippen LogP contribution in [0.25, 0.3) is 0 Å². The van der Waals surface area contributed by atoms with Crippen molar-refractivity contribution in [3.63, 3.8) is 0 Å². The standard InChI is InChI=1S/C16H24N2O.ClH/c1-12(17)9-10-16(19)18-11-14-7-4-6-13-5-2-3-8-15(13)14;/h2-3,5,8,12,14H,4,6-7,9-11,17H2,1H3,(H,18,19);1H. The number of nitrogens with two attached hydrogens (primary N) is 1. The van der Waals surface area contributed by atoms with Crippen LogP contribution in [0.15, 0.2) is 24.3 Å². The zero-order valence-electron chi connectivity index (χ0n) is 12.1. The number of fused-ring (bicyclic) bond motifs is 1. The molecule has 2 atom stereocenters. The van der Waals surface area contributed by atoms with Crippen LogP contribution in [0.1, 0.15) is 49.7 Å². The van der Waals surface area contributed by atoms with Crippen molar-refractivity contribution < 1.29 is 4.79 Å². The quantitative estimate of drug-likeness (QED) is 0.878. The van der Waals surface area contributed by atoms with Gasteiger partial charge in [0.1, 0.15) is 0 Å². The number of aryl methyl sites for hydroxylation is 1. The van der Waals surface area contributed by atoms with E-state index in [1.54, 1.807) is 0 Å². The molecule has 0 saturated heterocycles. The van der Waals surface area contributed by atoms with Crippen LogP contribution in [0.2, 0.25) is 0 Å². The number of amides is 1. The molecule has 1 amide bonds. The van der Waals surface area contributed by atoms with Gasteiger partial charge in [-0.05, 0) is 43.7 Å². The molecule has 3 N–H and O–H groups in total. The average Bonchev–Trinajstić information content (AvgIpc) is 2.42. The van der Waals surface area contributed by atoms with Crippen molar-refractivity contribution in [2.24, 2.45) is 5.73 Å². The molecule has 0 spiro atoms. The van der Waals surface area contributed by atoms with Gasteiger partial charge in [0.15, 0.2) is 0 Å². The SMILES string of the molecule is CC(N)CCC(=O)NCC1CCCc2ccccc21.Cl. The molecule has 4 heteroatoms. The normalized spacial score (nSPS) is 18.6. The van der Waals surface area contributed by atoms with Crippen LogP contribution in [0.3, 0.4) is 0 Å². The Morgan fingerprint density at radius 1 is 1.45 bits per heavy atom. The van der Waals surface area contributed by atoms with Crippen LogP contribution in [0.4, 0.5) is 0 Å². The van der Waals surface area contributed by atoms with Crippen LogP contribution in [-0.4, -0.2) is 18.5 Å². The monoisotopic (exact) mass is 296 g/mol. The maximum atomic E-state index is 11.7. The summed E-state index contributed by atoms with van der Waals surface area (Å²) in [4.78, 5) is 11.7. The summed E-state index contributed by atoms with van der Waals surface area (Å²) < 4.78 is 0. The van der Waals surface area contributed by atoms with Crippen molar-refractivity contribution in [2.45, 2.75) is 51.0 Å². The molecule has 20 heavy (non-hydrogen) atoms. The first-order valence-electron chi connectivity index (χ1n) is 7.27. The topological polar surface area (TPSA) is 55.1 Å². The van der Waals surface area contributed by atoms with E-state index >= 15 is 0 Å². The molecule has 1 aromatic carbocycles. The van der Waals surface area contributed by atoms with E-state index in [0.717, 1.165) is 13.0 Å². The van der Waals surface area contributed by atoms with E-state index in [0.29, 0.717) is 12.3 Å². The minimum Gasteiger partial charge on any atom is -0.355 e. The van der Waals surface area contributed by atoms with Crippen molar-refractivity contribution in [3.05, 3.63) is 35.4 Å². The fourth-order valence-corrected chi connectivity index (χ4v) is 2.75. The maximum absolute atomic E-state index is 11.7. The Hall–Kier alpha value is -1.06. The molecule has 3 nitrogen and oxygen atoms in total. The zero-order valence-corrected chi connectivity index (χ0v) is 12.9. The second kappa shape index (κ2) is 8.28. The summed E-state index contributed by atoms with van der Waals surface area (Å²) in [6.07, 6.45) is 4.85. The average molecular weight is 297 g/mol. The highest BCUT2D eigenvalue weighted by Crippen LogP contribution is 2.30. The predicted octanol–water partition coefficient (Wildman–Crippen LogP) is 2.77. The lowest BCUT2D eigenvalue weighted by molar-refractivity contribution is -0.121. The van der Waals surface area contributed by atoms with Gasteiger partial charge in [0.05, 0.1) is 0 Å². The highest BCUT2D eigenvalue weighted by Gasteiger charge is 2.19. The maximum Gasteiger partial charge on any atom is 0.220 e. The summed E-state index contributed by atoms with van der Waals surface area (Å²) in [5, 5.41) is 3.05. The molecule has 1 aliphatic carbocycles. The fourth-order valence-electron chi connectivity index (χ4n) is 2.75. The molecule has 0 saturated carbocycles. The van der Waals surface area contributed by atoms with Gasteiger partial charge >= 0.3 is 0 Å². The van der Waals surface area contributed by atoms with Gasteiger partial charge in [0.2, 0.25) is 5.91 Å². The van der Waals surface area contributed by atoms with Crippen LogP contribution in [0, 0.1) is 0 Å². The number of benzene rings is 1. The lowest BCUT2D eigenvalue weighted by atomic mass is 9.83. The van der Waals surface area contributed by atoms with Gasteiger partial charge < -0.3 is 11.1 Å². The molecule has 2 rings (SSSR count). The van der Waals surface area contributed by atoms with E-state index in [9.17, 15) is 4.79 Å². The van der Waals surface area contributed by atoms with E-state index in [4.69, 9.17) is 5.73 Å². The summed E-state index contributed by atoms with van der Waals surface area (Å²) in [7, 11) is 0. The van der Waals surface area contributed by atoms with Crippen molar-refractivity contribution in [2.75, 3.05) is 6.54 Å². The van der Waals surface area contributed by atoms with Gasteiger partial charge in [0.25, 0.3) is 0 Å². The zero-order chi connectivity index (χ0) is 13.7. The van der Waals surface area contributed by atoms with Crippen LogP contribution in [0.5, 0.6) is 0 Å². The van der Waals surface area contributed by atoms with Gasteiger partial charge in [-0.1, -0.05) is 24.3 Å². The Balaban J connectivity index is 0.00000200. The molecule has 0 fully saturated rings. The summed E-state index contributed by atoms with van der Waals surface area (Å²) in [6.45, 7) is 2.69. The molecule has 0 aromatic heterocycles. The molecule has 0 aliphatic heterocycles. The molecule has 0 radical (unpaired) electrons. The summed E-state index contributed by atoms with van der Waals surface area (Å²) in [5.74, 6) is 0.601. The Labute approximate surface area is 127 Å². The summed E-state index contributed by atoms with van der Waals surface area (Å²) in [6, 6.07) is 8.70. The van der Waals surface area contributed by atoms with Crippen molar-refractivity contribution in [1.82, 2.24) is 5.32 Å². The van der Waals surface area contributed by atoms with E-state index in [1.165, 1.54) is 30.4 Å². The Bertz CT molecular complexity index is 434. The third-order valence-corrected chi connectivity index (χ3v) is 3.87. The number of rotatable bonds is 5. The van der Waals surface area contributed by atoms with Crippen molar-refractivity contribution >= 4 is 18.3 Å². The van der Waals surface area contributed by atoms with Gasteiger partial charge in [-0.2, -0.15) is 0 Å². The van der Waals surface area contributed by atoms with Crippen molar-refractivity contribution in [1.29, 1.82) is 0 Å². The fraction of sp³-hybridized carbons (Fsp3) is 0.562. The molecule has 1 aromatic rings. The molecule has 1 aliphatic rings. The third kappa shape index (κ3) is 4.80. The highest BCUT2D eigenvalue weighted by molar-refractivity contribution is 5.85. The Morgan fingerprint density at radius 3 is 2.95 bits per heavy atom. The van der Waals surface area contributed by atoms with Crippen LogP contribution in [-0.2, 0) is 11.2 Å². The predicted molar refractivity (Wildman–Crippen MR) is 85.3 cm³/mol. The number of nitrogens with one attached hydrogen (secondary N) is 1. The first kappa shape index (κ1) is 17.0. The number of carbonyl (C=O) groups is 1. The first-order valence-corrected chi connectivity index (χ1v) is 7.27. The van der Waals surface area contributed by atoms with Gasteiger partial charge in [0, 0.05) is 24.9 Å². The number of hydrogen-bond acceptors (Lipinski definition) is 2. The lowest BCUT2D eigenvalue weighted by Crippen LogP contribution is -2.30. The molecule has 2 unspecified atom stereocenters. The second-order valence-electron chi connectivity index (χ2n) is 5.61. The highest BCUT2D eigenvalue weighted by atomic mass is 35.5. The van der Waals surface area contributed by atoms with E-state index in [2.05, 4.69) is 29.6 Å².